The predicted octanol–water partition coefficient (Wildman–Crippen LogP) is 3.95. The topological polar surface area (TPSA) is 72.8 Å². The van der Waals surface area contributed by atoms with Crippen molar-refractivity contribution in [2.45, 2.75) is 84.0 Å². The fourth-order valence-corrected chi connectivity index (χ4v) is 4.80. The maximum Gasteiger partial charge on any atom is 0.308 e. The Hall–Kier alpha value is -1.62. The van der Waals surface area contributed by atoms with E-state index in [9.17, 15) is 14.7 Å². The highest BCUT2D eigenvalue weighted by atomic mass is 16.5. The molecule has 28 heavy (non-hydrogen) atoms. The fourth-order valence-electron chi connectivity index (χ4n) is 4.80. The first-order valence-electron chi connectivity index (χ1n) is 10.8. The Labute approximate surface area is 168 Å². The van der Waals surface area contributed by atoms with Crippen molar-refractivity contribution in [3.63, 3.8) is 0 Å². The number of carbonyl (C=O) groups excluding carboxylic acids is 2. The lowest BCUT2D eigenvalue weighted by atomic mass is 9.66. The molecule has 0 radical (unpaired) electrons. The van der Waals surface area contributed by atoms with Crippen LogP contribution >= 0.6 is 0 Å². The summed E-state index contributed by atoms with van der Waals surface area (Å²) < 4.78 is 11.4. The van der Waals surface area contributed by atoms with Crippen molar-refractivity contribution in [3.05, 3.63) is 23.8 Å². The molecule has 156 valence electrons. The summed E-state index contributed by atoms with van der Waals surface area (Å²) in [6.07, 6.45) is 10.6. The molecular formula is C23H34O5. The van der Waals surface area contributed by atoms with Crippen molar-refractivity contribution in [3.8, 4) is 0 Å². The van der Waals surface area contributed by atoms with E-state index in [1.165, 1.54) is 5.57 Å². The molecule has 0 aromatic carbocycles. The van der Waals surface area contributed by atoms with Gasteiger partial charge in [-0.3, -0.25) is 9.59 Å². The number of allylic oxidation sites excluding steroid dienone is 3. The minimum Gasteiger partial charge on any atom is -0.462 e. The second kappa shape index (κ2) is 9.25. The van der Waals surface area contributed by atoms with Gasteiger partial charge < -0.3 is 14.6 Å². The Morgan fingerprint density at radius 2 is 2.18 bits per heavy atom. The van der Waals surface area contributed by atoms with Gasteiger partial charge >= 0.3 is 11.9 Å². The van der Waals surface area contributed by atoms with Crippen LogP contribution < -0.4 is 0 Å². The molecule has 1 aliphatic heterocycles. The molecule has 7 atom stereocenters. The zero-order valence-corrected chi connectivity index (χ0v) is 17.3. The number of aliphatic hydroxyl groups excluding tert-OH is 1. The molecule has 1 unspecified atom stereocenters. The zero-order valence-electron chi connectivity index (χ0n) is 17.3. The van der Waals surface area contributed by atoms with Gasteiger partial charge in [0.15, 0.2) is 0 Å². The number of aliphatic hydroxyl groups is 1. The van der Waals surface area contributed by atoms with Gasteiger partial charge in [0.25, 0.3) is 0 Å². The van der Waals surface area contributed by atoms with E-state index in [4.69, 9.17) is 9.47 Å². The van der Waals surface area contributed by atoms with Crippen LogP contribution in [0.5, 0.6) is 0 Å². The van der Waals surface area contributed by atoms with Crippen LogP contribution in [0.3, 0.4) is 0 Å². The Morgan fingerprint density at radius 1 is 1.39 bits per heavy atom. The van der Waals surface area contributed by atoms with Gasteiger partial charge in [0, 0.05) is 12.3 Å². The Kier molecular flexibility index (Phi) is 6.97. The minimum atomic E-state index is -0.593. The summed E-state index contributed by atoms with van der Waals surface area (Å²) >= 11 is 0. The molecule has 5 nitrogen and oxygen atoms in total. The summed E-state index contributed by atoms with van der Waals surface area (Å²) in [4.78, 5) is 24.1. The van der Waals surface area contributed by atoms with Crippen LogP contribution in [-0.2, 0) is 19.1 Å². The molecule has 0 spiro atoms. The minimum absolute atomic E-state index is 0.0764. The number of hydrogen-bond acceptors (Lipinski definition) is 5. The summed E-state index contributed by atoms with van der Waals surface area (Å²) in [5.41, 5.74) is 1.27. The fraction of sp³-hybridized carbons (Fsp3) is 0.739. The van der Waals surface area contributed by atoms with E-state index in [-0.39, 0.29) is 42.4 Å². The van der Waals surface area contributed by atoms with Crippen molar-refractivity contribution in [1.29, 1.82) is 0 Å². The van der Waals surface area contributed by atoms with Gasteiger partial charge in [0.05, 0.1) is 18.4 Å². The Morgan fingerprint density at radius 3 is 2.89 bits per heavy atom. The van der Waals surface area contributed by atoms with Gasteiger partial charge in [-0.25, -0.2) is 0 Å². The summed E-state index contributed by atoms with van der Waals surface area (Å²) in [6, 6.07) is 0. The lowest BCUT2D eigenvalue weighted by Gasteiger charge is -2.42. The van der Waals surface area contributed by atoms with E-state index in [1.807, 2.05) is 13.8 Å². The summed E-state index contributed by atoms with van der Waals surface area (Å²) in [5, 5.41) is 9.86. The van der Waals surface area contributed by atoms with E-state index >= 15 is 0 Å². The number of carbonyl (C=O) groups is 2. The molecule has 5 heteroatoms. The van der Waals surface area contributed by atoms with E-state index in [0.29, 0.717) is 18.3 Å². The average molecular weight is 391 g/mol. The van der Waals surface area contributed by atoms with Gasteiger partial charge in [-0.1, -0.05) is 39.0 Å². The normalized spacial score (nSPS) is 36.1. The highest BCUT2D eigenvalue weighted by Gasteiger charge is 2.40. The van der Waals surface area contributed by atoms with Crippen LogP contribution in [0.25, 0.3) is 0 Å². The van der Waals surface area contributed by atoms with E-state index in [1.54, 1.807) is 0 Å². The van der Waals surface area contributed by atoms with Gasteiger partial charge in [-0.05, 0) is 49.5 Å². The molecule has 2 aliphatic carbocycles. The summed E-state index contributed by atoms with van der Waals surface area (Å²) in [7, 11) is 0. The van der Waals surface area contributed by atoms with E-state index < -0.39 is 6.10 Å². The molecular weight excluding hydrogens is 356 g/mol. The van der Waals surface area contributed by atoms with Crippen molar-refractivity contribution in [1.82, 2.24) is 0 Å². The SMILES string of the molecule is CC[C@H](C)C(=O)O[C@H]1CCC=C2C=C[C@H](C)[C@H](CC[C@@H]3CC(O)CC(=O)O3)[C@H]21. The summed E-state index contributed by atoms with van der Waals surface area (Å²) in [5.74, 6) is 0.426. The first-order valence-corrected chi connectivity index (χ1v) is 10.8. The van der Waals surface area contributed by atoms with Gasteiger partial charge in [0.1, 0.15) is 12.2 Å². The number of esters is 2. The first-order chi connectivity index (χ1) is 13.4. The maximum atomic E-state index is 12.4. The van der Waals surface area contributed by atoms with Crippen molar-refractivity contribution < 1.29 is 24.2 Å². The molecule has 0 bridgehead atoms. The van der Waals surface area contributed by atoms with Crippen LogP contribution in [0.4, 0.5) is 0 Å². The molecule has 0 aromatic rings. The summed E-state index contributed by atoms with van der Waals surface area (Å²) in [6.45, 7) is 6.14. The Balaban J connectivity index is 1.70. The smallest absolute Gasteiger partial charge is 0.308 e. The van der Waals surface area contributed by atoms with Crippen LogP contribution in [0.1, 0.15) is 65.7 Å². The molecule has 3 aliphatic rings. The van der Waals surface area contributed by atoms with Gasteiger partial charge in [-0.15, -0.1) is 0 Å². The molecule has 1 N–H and O–H groups in total. The Bertz CT molecular complexity index is 637. The average Bonchev–Trinajstić information content (AvgIpc) is 2.66. The highest BCUT2D eigenvalue weighted by Crippen LogP contribution is 2.44. The number of cyclic esters (lactones) is 1. The number of ether oxygens (including phenoxy) is 2. The number of hydrogen-bond donors (Lipinski definition) is 1. The third-order valence-electron chi connectivity index (χ3n) is 6.69. The molecule has 0 aromatic heterocycles. The molecule has 1 heterocycles. The van der Waals surface area contributed by atoms with Crippen molar-refractivity contribution in [2.24, 2.45) is 23.7 Å². The zero-order chi connectivity index (χ0) is 20.3. The third-order valence-corrected chi connectivity index (χ3v) is 6.69. The molecule has 0 amide bonds. The van der Waals surface area contributed by atoms with Crippen LogP contribution in [0.2, 0.25) is 0 Å². The van der Waals surface area contributed by atoms with Crippen molar-refractivity contribution >= 4 is 11.9 Å². The largest absolute Gasteiger partial charge is 0.462 e. The predicted molar refractivity (Wildman–Crippen MR) is 106 cm³/mol. The third kappa shape index (κ3) is 4.86. The van der Waals surface area contributed by atoms with Crippen LogP contribution in [-0.4, -0.2) is 35.4 Å². The second-order valence-corrected chi connectivity index (χ2v) is 8.76. The van der Waals surface area contributed by atoms with E-state index in [2.05, 4.69) is 25.2 Å². The van der Waals surface area contributed by atoms with Crippen LogP contribution in [0.15, 0.2) is 23.8 Å². The quantitative estimate of drug-likeness (QED) is 0.695. The molecule has 0 saturated carbocycles. The van der Waals surface area contributed by atoms with Crippen molar-refractivity contribution in [2.75, 3.05) is 0 Å². The maximum absolute atomic E-state index is 12.4. The van der Waals surface area contributed by atoms with Gasteiger partial charge in [-0.2, -0.15) is 0 Å². The first kappa shape index (κ1) is 21.1. The van der Waals surface area contributed by atoms with E-state index in [0.717, 1.165) is 32.1 Å². The number of rotatable bonds is 6. The molecule has 1 fully saturated rings. The monoisotopic (exact) mass is 390 g/mol. The molecule has 3 rings (SSSR count). The highest BCUT2D eigenvalue weighted by molar-refractivity contribution is 5.72. The molecule has 1 saturated heterocycles. The lowest BCUT2D eigenvalue weighted by Crippen LogP contribution is -2.40. The van der Waals surface area contributed by atoms with Gasteiger partial charge in [0.2, 0.25) is 0 Å². The second-order valence-electron chi connectivity index (χ2n) is 8.76. The lowest BCUT2D eigenvalue weighted by molar-refractivity contribution is -0.162. The number of fused-ring (bicyclic) bond motifs is 1. The standard InChI is InChI=1S/C23H34O5/c1-4-14(2)23(26)28-20-7-5-6-16-9-8-15(3)19(22(16)20)11-10-18-12-17(24)13-21(25)27-18/h6,8-9,14-15,17-20,22,24H,4-5,7,10-13H2,1-3H3/t14-,15-,17?,18+,19-,20-,22-/m0/s1. The van der Waals surface area contributed by atoms with Crippen LogP contribution in [0, 0.1) is 23.7 Å².